The largest absolute Gasteiger partial charge is 0.331 e. The summed E-state index contributed by atoms with van der Waals surface area (Å²) in [6, 6.07) is 5.52. The minimum Gasteiger partial charge on any atom is -0.331 e. The maximum atomic E-state index is 4.99. The fourth-order valence-electron chi connectivity index (χ4n) is 1.03. The van der Waals surface area contributed by atoms with Crippen LogP contribution < -0.4 is 0 Å². The van der Waals surface area contributed by atoms with Crippen molar-refractivity contribution in [2.24, 2.45) is 0 Å². The van der Waals surface area contributed by atoms with Crippen LogP contribution in [0.1, 0.15) is 0 Å². The van der Waals surface area contributed by atoms with Crippen molar-refractivity contribution in [1.29, 1.82) is 0 Å². The minimum absolute atomic E-state index is 0.682. The first-order valence-electron chi connectivity index (χ1n) is 3.82. The topological polar surface area (TPSA) is 41.6 Å². The molecule has 64 valence electrons. The smallest absolute Gasteiger partial charge is 0.138 e. The second kappa shape index (κ2) is 3.45. The summed E-state index contributed by atoms with van der Waals surface area (Å²) in [7, 11) is 0. The van der Waals surface area contributed by atoms with E-state index in [0.717, 1.165) is 11.4 Å². The van der Waals surface area contributed by atoms with Gasteiger partial charge in [-0.1, -0.05) is 12.2 Å². The lowest BCUT2D eigenvalue weighted by atomic mass is 10.2. The van der Waals surface area contributed by atoms with Gasteiger partial charge in [-0.3, -0.25) is 4.98 Å². The van der Waals surface area contributed by atoms with E-state index in [1.54, 1.807) is 24.7 Å². The number of H-pyrrole nitrogens is 1. The SMILES string of the molecule is S=c1ccnc(-c2ccncc2)[nH]1. The third kappa shape index (κ3) is 1.78. The molecule has 0 aliphatic rings. The Morgan fingerprint density at radius 2 is 1.85 bits per heavy atom. The zero-order valence-electron chi connectivity index (χ0n) is 6.77. The van der Waals surface area contributed by atoms with Crippen molar-refractivity contribution < 1.29 is 0 Å². The Hall–Kier alpha value is -1.55. The molecular formula is C9H7N3S. The van der Waals surface area contributed by atoms with E-state index in [2.05, 4.69) is 15.0 Å². The molecule has 2 aromatic rings. The van der Waals surface area contributed by atoms with E-state index >= 15 is 0 Å². The van der Waals surface area contributed by atoms with Gasteiger partial charge in [0.1, 0.15) is 10.5 Å². The maximum Gasteiger partial charge on any atom is 0.138 e. The van der Waals surface area contributed by atoms with Crippen LogP contribution in [-0.2, 0) is 0 Å². The summed E-state index contributed by atoms with van der Waals surface area (Å²) in [5, 5.41) is 0. The summed E-state index contributed by atoms with van der Waals surface area (Å²) in [6.45, 7) is 0. The van der Waals surface area contributed by atoms with E-state index < -0.39 is 0 Å². The molecule has 0 saturated heterocycles. The molecule has 0 amide bonds. The van der Waals surface area contributed by atoms with Crippen LogP contribution in [-0.4, -0.2) is 15.0 Å². The molecule has 0 radical (unpaired) electrons. The van der Waals surface area contributed by atoms with E-state index in [4.69, 9.17) is 12.2 Å². The first-order chi connectivity index (χ1) is 6.36. The van der Waals surface area contributed by atoms with E-state index in [0.29, 0.717) is 4.64 Å². The average molecular weight is 189 g/mol. The van der Waals surface area contributed by atoms with Crippen molar-refractivity contribution in [3.8, 4) is 11.4 Å². The van der Waals surface area contributed by atoms with Crippen molar-refractivity contribution in [2.75, 3.05) is 0 Å². The Morgan fingerprint density at radius 3 is 2.54 bits per heavy atom. The molecule has 2 heterocycles. The van der Waals surface area contributed by atoms with Crippen molar-refractivity contribution in [2.45, 2.75) is 0 Å². The van der Waals surface area contributed by atoms with Gasteiger partial charge in [-0.15, -0.1) is 0 Å². The van der Waals surface area contributed by atoms with Gasteiger partial charge in [-0.05, 0) is 18.2 Å². The summed E-state index contributed by atoms with van der Waals surface area (Å²) in [5.41, 5.74) is 0.988. The molecule has 4 heteroatoms. The molecule has 1 N–H and O–H groups in total. The van der Waals surface area contributed by atoms with Crippen molar-refractivity contribution in [3.05, 3.63) is 41.4 Å². The molecule has 0 atom stereocenters. The lowest BCUT2D eigenvalue weighted by molar-refractivity contribution is 1.15. The Kier molecular flexibility index (Phi) is 2.14. The van der Waals surface area contributed by atoms with Gasteiger partial charge in [0.15, 0.2) is 0 Å². The highest BCUT2D eigenvalue weighted by Crippen LogP contribution is 2.10. The van der Waals surface area contributed by atoms with Crippen LogP contribution in [0.15, 0.2) is 36.8 Å². The highest BCUT2D eigenvalue weighted by Gasteiger charge is 1.95. The highest BCUT2D eigenvalue weighted by molar-refractivity contribution is 7.71. The Labute approximate surface area is 80.5 Å². The molecule has 0 fully saturated rings. The summed E-state index contributed by atoms with van der Waals surface area (Å²) in [6.07, 6.45) is 5.14. The van der Waals surface area contributed by atoms with E-state index in [1.807, 2.05) is 12.1 Å². The molecule has 0 aromatic carbocycles. The summed E-state index contributed by atoms with van der Waals surface area (Å²) < 4.78 is 0.682. The summed E-state index contributed by atoms with van der Waals surface area (Å²) in [4.78, 5) is 11.1. The molecule has 2 rings (SSSR count). The number of nitrogens with one attached hydrogen (secondary N) is 1. The maximum absolute atomic E-state index is 4.99. The number of hydrogen-bond donors (Lipinski definition) is 1. The molecule has 3 nitrogen and oxygen atoms in total. The molecule has 0 aliphatic heterocycles. The Balaban J connectivity index is 2.54. The zero-order valence-corrected chi connectivity index (χ0v) is 7.58. The first kappa shape index (κ1) is 8.07. The van der Waals surface area contributed by atoms with Gasteiger partial charge in [0.25, 0.3) is 0 Å². The Bertz CT molecular complexity index is 450. The van der Waals surface area contributed by atoms with E-state index in [9.17, 15) is 0 Å². The number of rotatable bonds is 1. The molecule has 0 bridgehead atoms. The zero-order chi connectivity index (χ0) is 9.10. The lowest BCUT2D eigenvalue weighted by Crippen LogP contribution is -1.87. The Morgan fingerprint density at radius 1 is 1.08 bits per heavy atom. The number of pyridine rings is 1. The molecule has 13 heavy (non-hydrogen) atoms. The van der Waals surface area contributed by atoms with Gasteiger partial charge < -0.3 is 4.98 Å². The number of hydrogen-bond acceptors (Lipinski definition) is 3. The predicted molar refractivity (Wildman–Crippen MR) is 52.7 cm³/mol. The van der Waals surface area contributed by atoms with Crippen LogP contribution in [0.4, 0.5) is 0 Å². The number of aromatic nitrogens is 3. The van der Waals surface area contributed by atoms with Crippen LogP contribution in [0.5, 0.6) is 0 Å². The fraction of sp³-hybridized carbons (Fsp3) is 0. The average Bonchev–Trinajstić information content (AvgIpc) is 2.19. The van der Waals surface area contributed by atoms with Gasteiger partial charge in [0, 0.05) is 24.2 Å². The second-order valence-corrected chi connectivity index (χ2v) is 2.96. The standard InChI is InChI=1S/C9H7N3S/c13-8-3-6-11-9(12-8)7-1-4-10-5-2-7/h1-6H,(H,11,12,13). The number of nitrogens with zero attached hydrogens (tertiary/aromatic N) is 2. The van der Waals surface area contributed by atoms with Crippen molar-refractivity contribution >= 4 is 12.2 Å². The quantitative estimate of drug-likeness (QED) is 0.699. The minimum atomic E-state index is 0.682. The third-order valence-corrected chi connectivity index (χ3v) is 1.86. The molecule has 0 aliphatic carbocycles. The predicted octanol–water partition coefficient (Wildman–Crippen LogP) is 2.20. The van der Waals surface area contributed by atoms with Crippen LogP contribution in [0.2, 0.25) is 0 Å². The normalized spacial score (nSPS) is 9.85. The molecule has 0 spiro atoms. The number of aromatic amines is 1. The van der Waals surface area contributed by atoms with Crippen LogP contribution in [0.3, 0.4) is 0 Å². The summed E-state index contributed by atoms with van der Waals surface area (Å²) >= 11 is 4.99. The van der Waals surface area contributed by atoms with Gasteiger partial charge in [-0.25, -0.2) is 4.98 Å². The van der Waals surface area contributed by atoms with Crippen LogP contribution in [0.25, 0.3) is 11.4 Å². The van der Waals surface area contributed by atoms with Gasteiger partial charge in [0.2, 0.25) is 0 Å². The summed E-state index contributed by atoms with van der Waals surface area (Å²) in [5.74, 6) is 0.773. The third-order valence-electron chi connectivity index (χ3n) is 1.62. The van der Waals surface area contributed by atoms with Crippen molar-refractivity contribution in [3.63, 3.8) is 0 Å². The first-order valence-corrected chi connectivity index (χ1v) is 4.23. The van der Waals surface area contributed by atoms with E-state index in [1.165, 1.54) is 0 Å². The fourth-order valence-corrected chi connectivity index (χ4v) is 1.18. The van der Waals surface area contributed by atoms with Crippen LogP contribution >= 0.6 is 12.2 Å². The molecular weight excluding hydrogens is 182 g/mol. The van der Waals surface area contributed by atoms with Gasteiger partial charge >= 0.3 is 0 Å². The monoisotopic (exact) mass is 189 g/mol. The highest BCUT2D eigenvalue weighted by atomic mass is 32.1. The molecule has 0 saturated carbocycles. The van der Waals surface area contributed by atoms with Gasteiger partial charge in [0.05, 0.1) is 0 Å². The van der Waals surface area contributed by atoms with Gasteiger partial charge in [-0.2, -0.15) is 0 Å². The molecule has 0 unspecified atom stereocenters. The van der Waals surface area contributed by atoms with Crippen LogP contribution in [0, 0.1) is 4.64 Å². The van der Waals surface area contributed by atoms with E-state index in [-0.39, 0.29) is 0 Å². The van der Waals surface area contributed by atoms with Crippen molar-refractivity contribution in [1.82, 2.24) is 15.0 Å². The lowest BCUT2D eigenvalue weighted by Gasteiger charge is -1.98. The molecule has 2 aromatic heterocycles. The second-order valence-electron chi connectivity index (χ2n) is 2.52.